The maximum atomic E-state index is 10.6. The lowest BCUT2D eigenvalue weighted by molar-refractivity contribution is 0.0692. The van der Waals surface area contributed by atoms with Gasteiger partial charge in [-0.2, -0.15) is 0 Å². The van der Waals surface area contributed by atoms with Gasteiger partial charge in [-0.3, -0.25) is 0 Å². The van der Waals surface area contributed by atoms with Crippen LogP contribution in [-0.2, 0) is 0 Å². The third-order valence-corrected chi connectivity index (χ3v) is 1.56. The van der Waals surface area contributed by atoms with Crippen molar-refractivity contribution in [1.29, 1.82) is 0 Å². The normalized spacial score (nSPS) is 10.3. The van der Waals surface area contributed by atoms with Crippen molar-refractivity contribution in [1.82, 2.24) is 15.0 Å². The molecule has 2 rings (SSSR count). The average molecular weight is 163 g/mol. The van der Waals surface area contributed by atoms with Crippen molar-refractivity contribution in [2.75, 3.05) is 0 Å². The maximum absolute atomic E-state index is 10.6. The van der Waals surface area contributed by atoms with E-state index in [4.69, 9.17) is 5.11 Å². The highest BCUT2D eigenvalue weighted by Gasteiger charge is 2.10. The van der Waals surface area contributed by atoms with Gasteiger partial charge < -0.3 is 10.1 Å². The molecule has 60 valence electrons. The SMILES string of the molecule is O=C(O)c1ncnc2[nH]ccc12. The van der Waals surface area contributed by atoms with E-state index in [0.29, 0.717) is 11.0 Å². The van der Waals surface area contributed by atoms with Crippen molar-refractivity contribution in [3.05, 3.63) is 24.3 Å². The molecule has 2 heterocycles. The van der Waals surface area contributed by atoms with Crippen LogP contribution < -0.4 is 0 Å². The van der Waals surface area contributed by atoms with E-state index in [-0.39, 0.29) is 5.69 Å². The van der Waals surface area contributed by atoms with Gasteiger partial charge in [-0.25, -0.2) is 14.8 Å². The van der Waals surface area contributed by atoms with E-state index in [0.717, 1.165) is 0 Å². The Morgan fingerprint density at radius 3 is 3.08 bits per heavy atom. The number of carboxylic acid groups (broad SMARTS) is 1. The Bertz CT molecular complexity index is 435. The van der Waals surface area contributed by atoms with Crippen LogP contribution in [0, 0.1) is 0 Å². The van der Waals surface area contributed by atoms with Crippen molar-refractivity contribution in [2.24, 2.45) is 0 Å². The summed E-state index contributed by atoms with van der Waals surface area (Å²) in [5, 5.41) is 9.23. The number of aromatic nitrogens is 3. The first-order chi connectivity index (χ1) is 5.79. The molecule has 0 fully saturated rings. The van der Waals surface area contributed by atoms with E-state index in [2.05, 4.69) is 15.0 Å². The largest absolute Gasteiger partial charge is 0.476 e. The number of hydrogen-bond acceptors (Lipinski definition) is 3. The van der Waals surface area contributed by atoms with Crippen LogP contribution in [0.3, 0.4) is 0 Å². The van der Waals surface area contributed by atoms with Crippen molar-refractivity contribution in [3.63, 3.8) is 0 Å². The predicted molar refractivity (Wildman–Crippen MR) is 40.8 cm³/mol. The monoisotopic (exact) mass is 163 g/mol. The third kappa shape index (κ3) is 0.833. The molecule has 2 aromatic rings. The molecule has 2 aromatic heterocycles. The van der Waals surface area contributed by atoms with Crippen molar-refractivity contribution < 1.29 is 9.90 Å². The lowest BCUT2D eigenvalue weighted by Crippen LogP contribution is -2.00. The fourth-order valence-electron chi connectivity index (χ4n) is 1.04. The van der Waals surface area contributed by atoms with Crippen LogP contribution in [0.15, 0.2) is 18.6 Å². The summed E-state index contributed by atoms with van der Waals surface area (Å²) < 4.78 is 0. The Labute approximate surface area is 67.1 Å². The van der Waals surface area contributed by atoms with Gasteiger partial charge in [0, 0.05) is 6.20 Å². The van der Waals surface area contributed by atoms with Crippen LogP contribution in [-0.4, -0.2) is 26.0 Å². The summed E-state index contributed by atoms with van der Waals surface area (Å²) in [7, 11) is 0. The smallest absolute Gasteiger partial charge is 0.355 e. The first-order valence-electron chi connectivity index (χ1n) is 3.30. The third-order valence-electron chi connectivity index (χ3n) is 1.56. The Kier molecular flexibility index (Phi) is 1.30. The number of aromatic amines is 1. The van der Waals surface area contributed by atoms with Crippen LogP contribution >= 0.6 is 0 Å². The minimum absolute atomic E-state index is 0.0289. The first-order valence-corrected chi connectivity index (χ1v) is 3.30. The molecule has 0 atom stereocenters. The standard InChI is InChI=1S/C7H5N3O2/c11-7(12)5-4-1-2-8-6(4)10-3-9-5/h1-3H,(H,11,12)(H,8,9,10). The number of H-pyrrole nitrogens is 1. The van der Waals surface area contributed by atoms with E-state index in [1.54, 1.807) is 12.3 Å². The highest BCUT2D eigenvalue weighted by atomic mass is 16.4. The number of nitrogens with zero attached hydrogens (tertiary/aromatic N) is 2. The van der Waals surface area contributed by atoms with Crippen molar-refractivity contribution in [3.8, 4) is 0 Å². The molecular formula is C7H5N3O2. The molecule has 0 saturated heterocycles. The zero-order valence-electron chi connectivity index (χ0n) is 5.98. The summed E-state index contributed by atoms with van der Waals surface area (Å²) in [6, 6.07) is 1.64. The zero-order valence-corrected chi connectivity index (χ0v) is 5.98. The minimum Gasteiger partial charge on any atom is -0.476 e. The second kappa shape index (κ2) is 2.30. The van der Waals surface area contributed by atoms with Gasteiger partial charge in [0.25, 0.3) is 0 Å². The summed E-state index contributed by atoms with van der Waals surface area (Å²) in [6.45, 7) is 0. The number of rotatable bonds is 1. The molecule has 2 N–H and O–H groups in total. The fraction of sp³-hybridized carbons (Fsp3) is 0. The van der Waals surface area contributed by atoms with E-state index in [1.165, 1.54) is 6.33 Å². The molecule has 0 spiro atoms. The molecule has 12 heavy (non-hydrogen) atoms. The molecule has 0 unspecified atom stereocenters. The quantitative estimate of drug-likeness (QED) is 0.647. The topological polar surface area (TPSA) is 78.9 Å². The Balaban J connectivity index is 2.82. The van der Waals surface area contributed by atoms with Gasteiger partial charge in [0.15, 0.2) is 5.69 Å². The Morgan fingerprint density at radius 1 is 1.50 bits per heavy atom. The zero-order chi connectivity index (χ0) is 8.55. The number of carbonyl (C=O) groups is 1. The summed E-state index contributed by atoms with van der Waals surface area (Å²) in [5.74, 6) is -1.04. The second-order valence-corrected chi connectivity index (χ2v) is 2.27. The average Bonchev–Trinajstić information content (AvgIpc) is 2.49. The Morgan fingerprint density at radius 2 is 2.33 bits per heavy atom. The van der Waals surface area contributed by atoms with Gasteiger partial charge in [-0.05, 0) is 6.07 Å². The Hall–Kier alpha value is -1.91. The number of nitrogens with one attached hydrogen (secondary N) is 1. The predicted octanol–water partition coefficient (Wildman–Crippen LogP) is 0.656. The molecule has 5 heteroatoms. The molecule has 0 aromatic carbocycles. The van der Waals surface area contributed by atoms with Gasteiger partial charge >= 0.3 is 5.97 Å². The lowest BCUT2D eigenvalue weighted by Gasteiger charge is -1.93. The molecule has 5 nitrogen and oxygen atoms in total. The van der Waals surface area contributed by atoms with E-state index < -0.39 is 5.97 Å². The molecule has 0 aliphatic rings. The highest BCUT2D eigenvalue weighted by Crippen LogP contribution is 2.11. The summed E-state index contributed by atoms with van der Waals surface area (Å²) in [6.07, 6.45) is 2.86. The molecule has 0 saturated carbocycles. The van der Waals surface area contributed by atoms with Gasteiger partial charge in [-0.15, -0.1) is 0 Å². The van der Waals surface area contributed by atoms with Gasteiger partial charge in [0.05, 0.1) is 5.39 Å². The summed E-state index contributed by atoms with van der Waals surface area (Å²) in [5.41, 5.74) is 0.573. The van der Waals surface area contributed by atoms with Gasteiger partial charge in [0.2, 0.25) is 0 Å². The number of aromatic carboxylic acids is 1. The van der Waals surface area contributed by atoms with Crippen LogP contribution in [0.25, 0.3) is 11.0 Å². The van der Waals surface area contributed by atoms with Crippen LogP contribution in [0.2, 0.25) is 0 Å². The first kappa shape index (κ1) is 6.78. The van der Waals surface area contributed by atoms with Crippen LogP contribution in [0.1, 0.15) is 10.5 Å². The number of hydrogen-bond donors (Lipinski definition) is 2. The van der Waals surface area contributed by atoms with Crippen molar-refractivity contribution >= 4 is 17.0 Å². The molecular weight excluding hydrogens is 158 g/mol. The molecule has 0 aliphatic heterocycles. The molecule has 0 bridgehead atoms. The summed E-state index contributed by atoms with van der Waals surface area (Å²) in [4.78, 5) is 20.9. The lowest BCUT2D eigenvalue weighted by atomic mass is 10.3. The summed E-state index contributed by atoms with van der Waals surface area (Å²) >= 11 is 0. The molecule has 0 amide bonds. The van der Waals surface area contributed by atoms with Gasteiger partial charge in [0.1, 0.15) is 12.0 Å². The van der Waals surface area contributed by atoms with Crippen LogP contribution in [0.4, 0.5) is 0 Å². The van der Waals surface area contributed by atoms with Crippen molar-refractivity contribution in [2.45, 2.75) is 0 Å². The number of carboxylic acids is 1. The molecule has 0 aliphatic carbocycles. The van der Waals surface area contributed by atoms with E-state index >= 15 is 0 Å². The minimum atomic E-state index is -1.04. The van der Waals surface area contributed by atoms with Gasteiger partial charge in [-0.1, -0.05) is 0 Å². The second-order valence-electron chi connectivity index (χ2n) is 2.27. The highest BCUT2D eigenvalue weighted by molar-refractivity contribution is 5.99. The molecule has 0 radical (unpaired) electrons. The fourth-order valence-corrected chi connectivity index (χ4v) is 1.04. The maximum Gasteiger partial charge on any atom is 0.355 e. The van der Waals surface area contributed by atoms with Crippen LogP contribution in [0.5, 0.6) is 0 Å². The van der Waals surface area contributed by atoms with E-state index in [1.807, 2.05) is 0 Å². The number of fused-ring (bicyclic) bond motifs is 1. The van der Waals surface area contributed by atoms with E-state index in [9.17, 15) is 4.79 Å².